The number of hydrogen-bond donors (Lipinski definition) is 0. The van der Waals surface area contributed by atoms with Crippen LogP contribution in [-0.2, 0) is 38.0 Å². The maximum atomic E-state index is 11.3. The van der Waals surface area contributed by atoms with E-state index in [0.29, 0.717) is 77.2 Å². The van der Waals surface area contributed by atoms with Crippen molar-refractivity contribution < 1.29 is 47.5 Å². The average molecular weight is 575 g/mol. The van der Waals surface area contributed by atoms with E-state index in [1.165, 1.54) is 0 Å². The minimum Gasteiger partial charge on any atom is -0.491 e. The van der Waals surface area contributed by atoms with E-state index in [2.05, 4.69) is 13.2 Å². The van der Waals surface area contributed by atoms with Crippen molar-refractivity contribution in [2.75, 3.05) is 79.3 Å². The summed E-state index contributed by atoms with van der Waals surface area (Å²) in [5, 5.41) is 1.90. The molecule has 0 amide bonds. The van der Waals surface area contributed by atoms with Gasteiger partial charge in [0.15, 0.2) is 0 Å². The lowest BCUT2D eigenvalue weighted by Crippen LogP contribution is -2.15. The first-order valence-electron chi connectivity index (χ1n) is 13.6. The van der Waals surface area contributed by atoms with Crippen LogP contribution in [0.5, 0.6) is 11.5 Å². The summed E-state index contributed by atoms with van der Waals surface area (Å²) in [5.41, 5.74) is 1.68. The van der Waals surface area contributed by atoms with Crippen LogP contribution in [0.25, 0.3) is 10.8 Å². The Morgan fingerprint density at radius 3 is 1.51 bits per heavy atom. The zero-order chi connectivity index (χ0) is 29.9. The molecule has 0 aromatic heterocycles. The van der Waals surface area contributed by atoms with Gasteiger partial charge in [-0.2, -0.15) is 0 Å². The van der Waals surface area contributed by atoms with Crippen LogP contribution in [0, 0.1) is 6.92 Å². The summed E-state index contributed by atoms with van der Waals surface area (Å²) in [4.78, 5) is 22.6. The molecule has 0 aliphatic heterocycles. The molecular formula is C31H42O10. The molecule has 0 spiro atoms. The van der Waals surface area contributed by atoms with E-state index in [1.54, 1.807) is 13.8 Å². The lowest BCUT2D eigenvalue weighted by molar-refractivity contribution is -0.141. The van der Waals surface area contributed by atoms with Gasteiger partial charge in [0.2, 0.25) is 0 Å². The van der Waals surface area contributed by atoms with E-state index < -0.39 is 11.9 Å². The van der Waals surface area contributed by atoms with E-state index in [0.717, 1.165) is 27.8 Å². The molecule has 2 aromatic carbocycles. The van der Waals surface area contributed by atoms with Gasteiger partial charge in [0, 0.05) is 21.9 Å². The molecule has 0 saturated heterocycles. The first-order chi connectivity index (χ1) is 19.8. The Bertz CT molecular complexity index is 1130. The van der Waals surface area contributed by atoms with Crippen molar-refractivity contribution >= 4 is 22.7 Å². The molecule has 2 aromatic rings. The molecule has 0 atom stereocenters. The van der Waals surface area contributed by atoms with E-state index in [9.17, 15) is 9.59 Å². The Morgan fingerprint density at radius 2 is 1.02 bits per heavy atom. The summed E-state index contributed by atoms with van der Waals surface area (Å²) >= 11 is 0. The number of rotatable bonds is 22. The fraction of sp³-hybridized carbons (Fsp3) is 0.484. The van der Waals surface area contributed by atoms with Gasteiger partial charge in [-0.3, -0.25) is 0 Å². The predicted octanol–water partition coefficient (Wildman–Crippen LogP) is 4.21. The van der Waals surface area contributed by atoms with Gasteiger partial charge in [0.05, 0.1) is 52.9 Å². The van der Waals surface area contributed by atoms with Crippen molar-refractivity contribution in [2.24, 2.45) is 0 Å². The molecule has 10 nitrogen and oxygen atoms in total. The molecule has 0 N–H and O–H groups in total. The van der Waals surface area contributed by atoms with Gasteiger partial charge in [-0.1, -0.05) is 37.4 Å². The first kappa shape index (κ1) is 33.8. The summed E-state index contributed by atoms with van der Waals surface area (Å²) in [5.74, 6) is 0.699. The van der Waals surface area contributed by atoms with Gasteiger partial charge in [0.1, 0.15) is 37.9 Å². The van der Waals surface area contributed by atoms with Crippen LogP contribution in [0.1, 0.15) is 19.4 Å². The lowest BCUT2D eigenvalue weighted by Gasteiger charge is -2.16. The van der Waals surface area contributed by atoms with Crippen LogP contribution in [0.2, 0.25) is 0 Å². The fourth-order valence-corrected chi connectivity index (χ4v) is 3.45. The van der Waals surface area contributed by atoms with Crippen LogP contribution in [0.4, 0.5) is 0 Å². The first-order valence-corrected chi connectivity index (χ1v) is 13.6. The quantitative estimate of drug-likeness (QED) is 0.115. The number of benzene rings is 2. The van der Waals surface area contributed by atoms with Crippen LogP contribution in [-0.4, -0.2) is 91.2 Å². The van der Waals surface area contributed by atoms with Crippen molar-refractivity contribution in [2.45, 2.75) is 20.8 Å². The van der Waals surface area contributed by atoms with Crippen molar-refractivity contribution in [1.82, 2.24) is 0 Å². The number of carbonyl (C=O) groups excluding carboxylic acids is 2. The minimum atomic E-state index is -0.422. The second-order valence-corrected chi connectivity index (χ2v) is 9.05. The highest BCUT2D eigenvalue weighted by molar-refractivity contribution is 5.94. The Morgan fingerprint density at radius 1 is 0.610 bits per heavy atom. The van der Waals surface area contributed by atoms with Gasteiger partial charge in [-0.05, 0) is 32.4 Å². The summed E-state index contributed by atoms with van der Waals surface area (Å²) in [6.07, 6.45) is 0. The molecule has 0 heterocycles. The molecular weight excluding hydrogens is 532 g/mol. The highest BCUT2D eigenvalue weighted by Gasteiger charge is 2.12. The summed E-state index contributed by atoms with van der Waals surface area (Å²) in [6.45, 7) is 16.4. The molecule has 2 rings (SSSR count). The van der Waals surface area contributed by atoms with Crippen molar-refractivity contribution in [3.8, 4) is 11.5 Å². The number of aryl methyl sites for hydroxylation is 1. The van der Waals surface area contributed by atoms with Crippen LogP contribution < -0.4 is 9.47 Å². The zero-order valence-electron chi connectivity index (χ0n) is 24.4. The molecule has 10 heteroatoms. The second-order valence-electron chi connectivity index (χ2n) is 9.05. The van der Waals surface area contributed by atoms with E-state index in [-0.39, 0.29) is 13.2 Å². The molecule has 226 valence electrons. The zero-order valence-corrected chi connectivity index (χ0v) is 24.4. The molecule has 0 radical (unpaired) electrons. The van der Waals surface area contributed by atoms with Gasteiger partial charge in [-0.15, -0.1) is 0 Å². The Balaban J connectivity index is 1.65. The monoisotopic (exact) mass is 574 g/mol. The van der Waals surface area contributed by atoms with Gasteiger partial charge in [-0.25, -0.2) is 9.59 Å². The third-order valence-corrected chi connectivity index (χ3v) is 5.46. The minimum absolute atomic E-state index is 0.181. The molecule has 0 unspecified atom stereocenters. The molecule has 0 fully saturated rings. The summed E-state index contributed by atoms with van der Waals surface area (Å²) in [7, 11) is 0. The van der Waals surface area contributed by atoms with Crippen molar-refractivity contribution in [1.29, 1.82) is 0 Å². The number of hydrogen-bond acceptors (Lipinski definition) is 10. The maximum Gasteiger partial charge on any atom is 0.333 e. The maximum absolute atomic E-state index is 11.3. The molecule has 0 aliphatic carbocycles. The van der Waals surface area contributed by atoms with E-state index in [1.807, 2.05) is 37.3 Å². The van der Waals surface area contributed by atoms with Crippen molar-refractivity contribution in [3.05, 3.63) is 60.2 Å². The predicted molar refractivity (Wildman–Crippen MR) is 154 cm³/mol. The standard InChI is InChI=1S/C31H42O10/c1-23(2)30(32)40-20-16-36-12-10-34-14-18-38-28-22-25(5)29(27-9-7-6-8-26(27)28)39-19-15-35-11-13-37-17-21-41-31(33)24(3)4/h6-9,22H,1,3,10-21H2,2,4-5H3. The largest absolute Gasteiger partial charge is 0.491 e. The third kappa shape index (κ3) is 13.2. The molecule has 41 heavy (non-hydrogen) atoms. The Hall–Kier alpha value is -3.44. The van der Waals surface area contributed by atoms with Gasteiger partial charge >= 0.3 is 11.9 Å². The SMILES string of the molecule is C=C(C)C(=O)OCCOCCOCCOc1cc(C)c(OCCOCCOCCOC(=O)C(=C)C)c2ccccc12. The highest BCUT2D eigenvalue weighted by Crippen LogP contribution is 2.36. The summed E-state index contributed by atoms with van der Waals surface area (Å²) in [6, 6.07) is 9.87. The molecule has 0 bridgehead atoms. The van der Waals surface area contributed by atoms with Crippen molar-refractivity contribution in [3.63, 3.8) is 0 Å². The third-order valence-electron chi connectivity index (χ3n) is 5.46. The topological polar surface area (TPSA) is 108 Å². The lowest BCUT2D eigenvalue weighted by atomic mass is 10.0. The van der Waals surface area contributed by atoms with Gasteiger partial charge < -0.3 is 37.9 Å². The second kappa shape index (κ2) is 19.6. The average Bonchev–Trinajstić information content (AvgIpc) is 2.95. The Labute approximate surface area is 242 Å². The van der Waals surface area contributed by atoms with Crippen LogP contribution in [0.15, 0.2) is 54.6 Å². The number of carbonyl (C=O) groups is 2. The number of ether oxygens (including phenoxy) is 8. The summed E-state index contributed by atoms with van der Waals surface area (Å²) < 4.78 is 43.9. The Kier molecular flexibility index (Phi) is 16.1. The highest BCUT2D eigenvalue weighted by atomic mass is 16.6. The fourth-order valence-electron chi connectivity index (χ4n) is 3.45. The molecule has 0 saturated carbocycles. The van der Waals surface area contributed by atoms with E-state index in [4.69, 9.17) is 37.9 Å². The smallest absolute Gasteiger partial charge is 0.333 e. The normalized spacial score (nSPS) is 10.8. The van der Waals surface area contributed by atoms with Crippen LogP contribution in [0.3, 0.4) is 0 Å². The van der Waals surface area contributed by atoms with E-state index >= 15 is 0 Å². The molecule has 0 aliphatic rings. The number of esters is 2. The van der Waals surface area contributed by atoms with Gasteiger partial charge in [0.25, 0.3) is 0 Å². The number of fused-ring (bicyclic) bond motifs is 1. The van der Waals surface area contributed by atoms with Crippen LogP contribution >= 0.6 is 0 Å².